The molecule has 0 radical (unpaired) electrons. The van der Waals surface area contributed by atoms with Gasteiger partial charge in [0.15, 0.2) is 0 Å². The number of aryl methyl sites for hydroxylation is 1. The largest absolute Gasteiger partial charge is 0.364 e. The zero-order valence-corrected chi connectivity index (χ0v) is 11.9. The second-order valence-corrected chi connectivity index (χ2v) is 5.42. The second-order valence-electron chi connectivity index (χ2n) is 5.42. The highest BCUT2D eigenvalue weighted by Gasteiger charge is 2.28. The molecule has 1 aliphatic rings. The van der Waals surface area contributed by atoms with Crippen LogP contribution in [0.5, 0.6) is 0 Å². The number of aromatic nitrogens is 1. The summed E-state index contributed by atoms with van der Waals surface area (Å²) in [7, 11) is 0. The van der Waals surface area contributed by atoms with Crippen LogP contribution in [-0.2, 0) is 6.54 Å². The van der Waals surface area contributed by atoms with Gasteiger partial charge in [-0.3, -0.25) is 4.98 Å². The summed E-state index contributed by atoms with van der Waals surface area (Å²) in [4.78, 5) is 6.78. The molecule has 0 aliphatic carbocycles. The Kier molecular flexibility index (Phi) is 3.70. The van der Waals surface area contributed by atoms with Crippen molar-refractivity contribution in [3.05, 3.63) is 59.4 Å². The first-order valence-electron chi connectivity index (χ1n) is 7.26. The normalized spacial score (nSPS) is 18.5. The van der Waals surface area contributed by atoms with Gasteiger partial charge in [-0.1, -0.05) is 24.3 Å². The van der Waals surface area contributed by atoms with E-state index in [9.17, 15) is 0 Å². The third-order valence-electron chi connectivity index (χ3n) is 4.15. The van der Waals surface area contributed by atoms with Crippen molar-refractivity contribution in [3.63, 3.8) is 0 Å². The number of nitrogens with zero attached hydrogens (tertiary/aromatic N) is 2. The smallest absolute Gasteiger partial charge is 0.0558 e. The third-order valence-corrected chi connectivity index (χ3v) is 4.15. The van der Waals surface area contributed by atoms with E-state index in [4.69, 9.17) is 5.73 Å². The van der Waals surface area contributed by atoms with Crippen LogP contribution in [0.25, 0.3) is 0 Å². The molecule has 3 rings (SSSR count). The van der Waals surface area contributed by atoms with E-state index in [1.807, 2.05) is 18.5 Å². The van der Waals surface area contributed by atoms with Crippen molar-refractivity contribution < 1.29 is 0 Å². The average molecular weight is 267 g/mol. The third kappa shape index (κ3) is 2.29. The Morgan fingerprint density at radius 2 is 2.20 bits per heavy atom. The van der Waals surface area contributed by atoms with Crippen LogP contribution in [0.3, 0.4) is 0 Å². The Morgan fingerprint density at radius 1 is 1.30 bits per heavy atom. The predicted octanol–water partition coefficient (Wildman–Crippen LogP) is 3.19. The molecule has 2 heterocycles. The maximum atomic E-state index is 5.93. The minimum atomic E-state index is 0.426. The standard InChI is InChI=1S/C17H21N3/c1-13-5-2-6-14(11-18)17(13)20-10-4-8-16(20)15-7-3-9-19-12-15/h2-3,5-7,9,12,16H,4,8,10-11,18H2,1H3. The van der Waals surface area contributed by atoms with E-state index in [0.717, 1.165) is 6.54 Å². The van der Waals surface area contributed by atoms with Crippen LogP contribution >= 0.6 is 0 Å². The lowest BCUT2D eigenvalue weighted by Gasteiger charge is -2.30. The van der Waals surface area contributed by atoms with Gasteiger partial charge in [0.25, 0.3) is 0 Å². The summed E-state index contributed by atoms with van der Waals surface area (Å²) in [6.07, 6.45) is 6.23. The Labute approximate surface area is 120 Å². The van der Waals surface area contributed by atoms with E-state index in [-0.39, 0.29) is 0 Å². The predicted molar refractivity (Wildman–Crippen MR) is 82.6 cm³/mol. The molecule has 1 unspecified atom stereocenters. The zero-order chi connectivity index (χ0) is 13.9. The first kappa shape index (κ1) is 13.1. The maximum absolute atomic E-state index is 5.93. The topological polar surface area (TPSA) is 42.1 Å². The quantitative estimate of drug-likeness (QED) is 0.928. The molecule has 0 bridgehead atoms. The van der Waals surface area contributed by atoms with Gasteiger partial charge in [0.1, 0.15) is 0 Å². The van der Waals surface area contributed by atoms with Crippen LogP contribution in [0, 0.1) is 6.92 Å². The highest BCUT2D eigenvalue weighted by molar-refractivity contribution is 5.61. The fourth-order valence-corrected chi connectivity index (χ4v) is 3.25. The summed E-state index contributed by atoms with van der Waals surface area (Å²) in [5, 5.41) is 0. The molecule has 2 aromatic rings. The van der Waals surface area contributed by atoms with Crippen molar-refractivity contribution in [2.75, 3.05) is 11.4 Å². The van der Waals surface area contributed by atoms with Gasteiger partial charge in [0.05, 0.1) is 6.04 Å². The van der Waals surface area contributed by atoms with Crippen molar-refractivity contribution in [3.8, 4) is 0 Å². The van der Waals surface area contributed by atoms with E-state index in [1.165, 1.54) is 35.2 Å². The molecule has 1 aliphatic heterocycles. The molecule has 20 heavy (non-hydrogen) atoms. The van der Waals surface area contributed by atoms with Gasteiger partial charge in [0.2, 0.25) is 0 Å². The molecule has 3 nitrogen and oxygen atoms in total. The summed E-state index contributed by atoms with van der Waals surface area (Å²) < 4.78 is 0. The van der Waals surface area contributed by atoms with E-state index < -0.39 is 0 Å². The number of anilines is 1. The molecule has 0 spiro atoms. The zero-order valence-electron chi connectivity index (χ0n) is 11.9. The number of hydrogen-bond acceptors (Lipinski definition) is 3. The lowest BCUT2D eigenvalue weighted by molar-refractivity contribution is 0.710. The fourth-order valence-electron chi connectivity index (χ4n) is 3.25. The van der Waals surface area contributed by atoms with Gasteiger partial charge in [-0.2, -0.15) is 0 Å². The monoisotopic (exact) mass is 267 g/mol. The van der Waals surface area contributed by atoms with Crippen LogP contribution in [0.2, 0.25) is 0 Å². The summed E-state index contributed by atoms with van der Waals surface area (Å²) in [5.41, 5.74) is 11.1. The number of para-hydroxylation sites is 1. The van der Waals surface area contributed by atoms with Crippen molar-refractivity contribution >= 4 is 5.69 Å². The summed E-state index contributed by atoms with van der Waals surface area (Å²) >= 11 is 0. The van der Waals surface area contributed by atoms with Gasteiger partial charge < -0.3 is 10.6 Å². The minimum absolute atomic E-state index is 0.426. The lowest BCUT2D eigenvalue weighted by atomic mass is 10.0. The molecule has 3 heteroatoms. The van der Waals surface area contributed by atoms with Gasteiger partial charge in [-0.05, 0) is 42.5 Å². The molecule has 0 saturated carbocycles. The molecule has 0 amide bonds. The molecular weight excluding hydrogens is 246 g/mol. The molecule has 1 atom stereocenters. The van der Waals surface area contributed by atoms with Crippen molar-refractivity contribution in [2.24, 2.45) is 5.73 Å². The van der Waals surface area contributed by atoms with Gasteiger partial charge in [0, 0.05) is 31.2 Å². The van der Waals surface area contributed by atoms with Crippen LogP contribution < -0.4 is 10.6 Å². The van der Waals surface area contributed by atoms with Crippen LogP contribution in [-0.4, -0.2) is 11.5 Å². The van der Waals surface area contributed by atoms with Crippen molar-refractivity contribution in [1.82, 2.24) is 4.98 Å². The van der Waals surface area contributed by atoms with Crippen LogP contribution in [0.4, 0.5) is 5.69 Å². The highest BCUT2D eigenvalue weighted by Crippen LogP contribution is 2.38. The fraction of sp³-hybridized carbons (Fsp3) is 0.353. The van der Waals surface area contributed by atoms with Crippen molar-refractivity contribution in [1.29, 1.82) is 0 Å². The van der Waals surface area contributed by atoms with E-state index >= 15 is 0 Å². The van der Waals surface area contributed by atoms with Crippen LogP contribution in [0.1, 0.15) is 35.6 Å². The number of hydrogen-bond donors (Lipinski definition) is 1. The molecular formula is C17H21N3. The summed E-state index contributed by atoms with van der Waals surface area (Å²) in [6.45, 7) is 3.86. The summed E-state index contributed by atoms with van der Waals surface area (Å²) in [5.74, 6) is 0. The molecule has 104 valence electrons. The molecule has 1 aromatic heterocycles. The summed E-state index contributed by atoms with van der Waals surface area (Å²) in [6, 6.07) is 11.0. The number of pyridine rings is 1. The number of nitrogens with two attached hydrogens (primary N) is 1. The molecule has 2 N–H and O–H groups in total. The first-order chi connectivity index (χ1) is 9.81. The molecule has 1 saturated heterocycles. The molecule has 1 fully saturated rings. The second kappa shape index (κ2) is 5.63. The SMILES string of the molecule is Cc1cccc(CN)c1N1CCCC1c1cccnc1. The van der Waals surface area contributed by atoms with Crippen molar-refractivity contribution in [2.45, 2.75) is 32.4 Å². The highest BCUT2D eigenvalue weighted by atomic mass is 15.2. The van der Waals surface area contributed by atoms with E-state index in [1.54, 1.807) is 0 Å². The first-order valence-corrected chi connectivity index (χ1v) is 7.26. The molecule has 1 aromatic carbocycles. The maximum Gasteiger partial charge on any atom is 0.0558 e. The Balaban J connectivity index is 2.01. The minimum Gasteiger partial charge on any atom is -0.364 e. The van der Waals surface area contributed by atoms with E-state index in [0.29, 0.717) is 12.6 Å². The Bertz CT molecular complexity index is 580. The number of rotatable bonds is 3. The number of benzene rings is 1. The Morgan fingerprint density at radius 3 is 2.95 bits per heavy atom. The van der Waals surface area contributed by atoms with Crippen LogP contribution in [0.15, 0.2) is 42.7 Å². The lowest BCUT2D eigenvalue weighted by Crippen LogP contribution is -2.25. The van der Waals surface area contributed by atoms with Gasteiger partial charge >= 0.3 is 0 Å². The Hall–Kier alpha value is -1.87. The van der Waals surface area contributed by atoms with Gasteiger partial charge in [-0.25, -0.2) is 0 Å². The van der Waals surface area contributed by atoms with Gasteiger partial charge in [-0.15, -0.1) is 0 Å². The average Bonchev–Trinajstić information content (AvgIpc) is 2.96. The van der Waals surface area contributed by atoms with E-state index in [2.05, 4.69) is 41.1 Å².